The van der Waals surface area contributed by atoms with Crippen molar-refractivity contribution in [1.29, 1.82) is 0 Å². The van der Waals surface area contributed by atoms with Crippen molar-refractivity contribution in [3.8, 4) is 0 Å². The highest BCUT2D eigenvalue weighted by atomic mass is 16.5. The number of ether oxygens (including phenoxy) is 2. The summed E-state index contributed by atoms with van der Waals surface area (Å²) in [6, 6.07) is -0.219. The molecular weight excluding hydrogens is 286 g/mol. The first-order valence-corrected chi connectivity index (χ1v) is 7.82. The fourth-order valence-electron chi connectivity index (χ4n) is 3.14. The first kappa shape index (κ1) is 15.2. The van der Waals surface area contributed by atoms with Crippen molar-refractivity contribution in [1.82, 2.24) is 25.4 Å². The largest absolute Gasteiger partial charge is 0.377 e. The molecule has 1 aliphatic carbocycles. The predicted octanol–water partition coefficient (Wildman–Crippen LogP) is 0.216. The summed E-state index contributed by atoms with van der Waals surface area (Å²) >= 11 is 0. The van der Waals surface area contributed by atoms with Crippen LogP contribution in [0.1, 0.15) is 31.4 Å². The molecule has 0 radical (unpaired) electrons. The summed E-state index contributed by atoms with van der Waals surface area (Å²) in [5, 5.41) is 14.0. The Hall–Kier alpha value is -1.67. The van der Waals surface area contributed by atoms with Gasteiger partial charge in [0, 0.05) is 26.7 Å². The summed E-state index contributed by atoms with van der Waals surface area (Å²) in [4.78, 5) is 12.0. The molecule has 0 spiro atoms. The van der Waals surface area contributed by atoms with E-state index in [0.29, 0.717) is 13.2 Å². The molecule has 0 aromatic carbocycles. The van der Waals surface area contributed by atoms with Gasteiger partial charge >= 0.3 is 6.03 Å². The number of urea groups is 1. The number of carbonyl (C=O) groups is 1. The van der Waals surface area contributed by atoms with Crippen LogP contribution < -0.4 is 10.6 Å². The van der Waals surface area contributed by atoms with Crippen LogP contribution in [-0.2, 0) is 29.0 Å². The summed E-state index contributed by atoms with van der Waals surface area (Å²) in [5.74, 6) is 1.82. The smallest absolute Gasteiger partial charge is 0.315 e. The van der Waals surface area contributed by atoms with Crippen LogP contribution in [-0.4, -0.2) is 52.8 Å². The third-order valence-electron chi connectivity index (χ3n) is 4.31. The minimum atomic E-state index is -0.211. The number of hydrogen-bond donors (Lipinski definition) is 2. The van der Waals surface area contributed by atoms with Gasteiger partial charge in [-0.05, 0) is 19.8 Å². The SMILES string of the molecule is CCO[C@@H]1C[C@H](NC(=O)NCc2nnc3n2CCC3)[C@@H]1OC. The van der Waals surface area contributed by atoms with E-state index in [-0.39, 0.29) is 24.3 Å². The third kappa shape index (κ3) is 2.93. The second-order valence-electron chi connectivity index (χ2n) is 5.65. The quantitative estimate of drug-likeness (QED) is 0.784. The van der Waals surface area contributed by atoms with Crippen molar-refractivity contribution in [2.45, 2.75) is 57.5 Å². The van der Waals surface area contributed by atoms with E-state index in [1.54, 1.807) is 7.11 Å². The molecule has 2 N–H and O–H groups in total. The maximum Gasteiger partial charge on any atom is 0.315 e. The number of fused-ring (bicyclic) bond motifs is 1. The molecule has 1 fully saturated rings. The number of aromatic nitrogens is 3. The van der Waals surface area contributed by atoms with Crippen molar-refractivity contribution >= 4 is 6.03 Å². The lowest BCUT2D eigenvalue weighted by Gasteiger charge is -2.43. The molecule has 22 heavy (non-hydrogen) atoms. The number of aryl methyl sites for hydroxylation is 1. The lowest BCUT2D eigenvalue weighted by Crippen LogP contribution is -2.62. The van der Waals surface area contributed by atoms with Gasteiger partial charge in [-0.2, -0.15) is 0 Å². The average Bonchev–Trinajstić information content (AvgIpc) is 3.08. The number of nitrogens with zero attached hydrogens (tertiary/aromatic N) is 3. The molecule has 1 aromatic rings. The topological polar surface area (TPSA) is 90.3 Å². The summed E-state index contributed by atoms with van der Waals surface area (Å²) in [6.45, 7) is 3.93. The summed E-state index contributed by atoms with van der Waals surface area (Å²) in [5.41, 5.74) is 0. The molecule has 2 heterocycles. The van der Waals surface area contributed by atoms with Crippen LogP contribution in [0.5, 0.6) is 0 Å². The van der Waals surface area contributed by atoms with Crippen LogP contribution in [0.2, 0.25) is 0 Å². The Labute approximate surface area is 129 Å². The highest BCUT2D eigenvalue weighted by Gasteiger charge is 2.42. The van der Waals surface area contributed by atoms with E-state index in [9.17, 15) is 4.79 Å². The van der Waals surface area contributed by atoms with Gasteiger partial charge in [0.05, 0.1) is 18.7 Å². The van der Waals surface area contributed by atoms with Gasteiger partial charge in [0.25, 0.3) is 0 Å². The van der Waals surface area contributed by atoms with Crippen LogP contribution in [0, 0.1) is 0 Å². The van der Waals surface area contributed by atoms with Crippen molar-refractivity contribution in [2.24, 2.45) is 0 Å². The summed E-state index contributed by atoms with van der Waals surface area (Å²) < 4.78 is 13.0. The van der Waals surface area contributed by atoms with Gasteiger partial charge in [-0.3, -0.25) is 0 Å². The van der Waals surface area contributed by atoms with Crippen molar-refractivity contribution in [3.63, 3.8) is 0 Å². The average molecular weight is 309 g/mol. The van der Waals surface area contributed by atoms with Crippen molar-refractivity contribution in [2.75, 3.05) is 13.7 Å². The molecule has 0 saturated heterocycles. The van der Waals surface area contributed by atoms with Crippen molar-refractivity contribution in [3.05, 3.63) is 11.6 Å². The van der Waals surface area contributed by atoms with Gasteiger partial charge in [0.1, 0.15) is 11.9 Å². The molecule has 0 unspecified atom stereocenters. The molecule has 0 bridgehead atoms. The molecule has 3 atom stereocenters. The molecule has 2 aliphatic rings. The molecular formula is C14H23N5O3. The lowest BCUT2D eigenvalue weighted by atomic mass is 9.85. The first-order chi connectivity index (χ1) is 10.7. The molecule has 8 nitrogen and oxygen atoms in total. The fourth-order valence-corrected chi connectivity index (χ4v) is 3.14. The number of hydrogen-bond acceptors (Lipinski definition) is 5. The van der Waals surface area contributed by atoms with Crippen LogP contribution in [0.25, 0.3) is 0 Å². The number of carbonyl (C=O) groups excluding carboxylic acids is 1. The van der Waals surface area contributed by atoms with Gasteiger partial charge in [0.2, 0.25) is 0 Å². The highest BCUT2D eigenvalue weighted by Crippen LogP contribution is 2.26. The zero-order chi connectivity index (χ0) is 15.5. The molecule has 1 aliphatic heterocycles. The number of methoxy groups -OCH3 is 1. The molecule has 8 heteroatoms. The normalized spacial score (nSPS) is 26.4. The van der Waals surface area contributed by atoms with Crippen molar-refractivity contribution < 1.29 is 14.3 Å². The van der Waals surface area contributed by atoms with Gasteiger partial charge in [-0.25, -0.2) is 4.79 Å². The van der Waals surface area contributed by atoms with Gasteiger partial charge in [-0.1, -0.05) is 0 Å². The molecule has 2 amide bonds. The Kier molecular flexibility index (Phi) is 4.58. The van der Waals surface area contributed by atoms with E-state index in [4.69, 9.17) is 9.47 Å². The van der Waals surface area contributed by atoms with Gasteiger partial charge in [0.15, 0.2) is 5.82 Å². The standard InChI is InChI=1S/C14H23N5O3/c1-3-22-10-7-9(13(10)21-2)16-14(20)15-8-12-18-17-11-5-4-6-19(11)12/h9-10,13H,3-8H2,1-2H3,(H2,15,16,20)/t9-,10+,13-/m0/s1. The van der Waals surface area contributed by atoms with E-state index in [1.807, 2.05) is 6.92 Å². The van der Waals surface area contributed by atoms with Crippen LogP contribution >= 0.6 is 0 Å². The van der Waals surface area contributed by atoms with E-state index in [1.165, 1.54) is 0 Å². The zero-order valence-corrected chi connectivity index (χ0v) is 13.0. The molecule has 3 rings (SSSR count). The minimum absolute atomic E-state index is 0.00864. The third-order valence-corrected chi connectivity index (χ3v) is 4.31. The Morgan fingerprint density at radius 1 is 1.45 bits per heavy atom. The first-order valence-electron chi connectivity index (χ1n) is 7.82. The number of nitrogens with one attached hydrogen (secondary N) is 2. The second-order valence-corrected chi connectivity index (χ2v) is 5.65. The Morgan fingerprint density at radius 3 is 3.09 bits per heavy atom. The molecule has 122 valence electrons. The van der Waals surface area contributed by atoms with Gasteiger partial charge in [-0.15, -0.1) is 10.2 Å². The van der Waals surface area contributed by atoms with Crippen LogP contribution in [0.4, 0.5) is 4.79 Å². The Bertz CT molecular complexity index is 533. The maximum atomic E-state index is 12.0. The zero-order valence-electron chi connectivity index (χ0n) is 13.0. The second kappa shape index (κ2) is 6.62. The van der Waals surface area contributed by atoms with Gasteiger partial charge < -0.3 is 24.7 Å². The molecule has 1 aromatic heterocycles. The lowest BCUT2D eigenvalue weighted by molar-refractivity contribution is -0.128. The van der Waals surface area contributed by atoms with E-state index in [0.717, 1.165) is 37.5 Å². The minimum Gasteiger partial charge on any atom is -0.377 e. The summed E-state index contributed by atoms with van der Waals surface area (Å²) in [7, 11) is 1.64. The fraction of sp³-hybridized carbons (Fsp3) is 0.786. The molecule has 1 saturated carbocycles. The maximum absolute atomic E-state index is 12.0. The summed E-state index contributed by atoms with van der Waals surface area (Å²) in [6.07, 6.45) is 2.83. The van der Waals surface area contributed by atoms with Crippen LogP contribution in [0.15, 0.2) is 0 Å². The van der Waals surface area contributed by atoms with E-state index >= 15 is 0 Å². The highest BCUT2D eigenvalue weighted by molar-refractivity contribution is 5.74. The Balaban J connectivity index is 1.45. The van der Waals surface area contributed by atoms with E-state index in [2.05, 4.69) is 25.4 Å². The Morgan fingerprint density at radius 2 is 2.32 bits per heavy atom. The van der Waals surface area contributed by atoms with Crippen LogP contribution in [0.3, 0.4) is 0 Å². The number of rotatable bonds is 6. The number of amides is 2. The predicted molar refractivity (Wildman–Crippen MR) is 78.3 cm³/mol. The monoisotopic (exact) mass is 309 g/mol. The van der Waals surface area contributed by atoms with E-state index < -0.39 is 0 Å².